The fourth-order valence-electron chi connectivity index (χ4n) is 1.89. The minimum absolute atomic E-state index is 0.473. The molecule has 0 radical (unpaired) electrons. The maximum Gasteiger partial charge on any atom is 0.164 e. The molecule has 5 nitrogen and oxygen atoms in total. The molecule has 0 atom stereocenters. The molecule has 0 aromatic carbocycles. The fraction of sp³-hybridized carbons (Fsp3) is 0.818. The third kappa shape index (κ3) is 3.02. The van der Waals surface area contributed by atoms with E-state index in [4.69, 9.17) is 4.74 Å². The standard InChI is InChI=1S/C11H20N4O/c1-2-5-12-8-11-13-9-15(14-11)10-3-6-16-7-4-10/h9-10,12H,2-8H2,1H3. The van der Waals surface area contributed by atoms with Crippen LogP contribution in [0.1, 0.15) is 38.1 Å². The second-order valence-corrected chi connectivity index (χ2v) is 4.16. The van der Waals surface area contributed by atoms with Crippen LogP contribution in [0.25, 0.3) is 0 Å². The molecule has 1 fully saturated rings. The number of ether oxygens (including phenoxy) is 1. The van der Waals surface area contributed by atoms with E-state index in [0.717, 1.165) is 51.4 Å². The van der Waals surface area contributed by atoms with Gasteiger partial charge in [0.25, 0.3) is 0 Å². The summed E-state index contributed by atoms with van der Waals surface area (Å²) >= 11 is 0. The van der Waals surface area contributed by atoms with Gasteiger partial charge in [0.2, 0.25) is 0 Å². The van der Waals surface area contributed by atoms with Gasteiger partial charge < -0.3 is 10.1 Å². The van der Waals surface area contributed by atoms with E-state index in [1.807, 2.05) is 11.0 Å². The molecule has 1 saturated heterocycles. The molecule has 0 amide bonds. The lowest BCUT2D eigenvalue weighted by molar-refractivity contribution is 0.0660. The number of nitrogens with zero attached hydrogens (tertiary/aromatic N) is 3. The van der Waals surface area contributed by atoms with Crippen molar-refractivity contribution in [2.24, 2.45) is 0 Å². The molecule has 1 aliphatic rings. The van der Waals surface area contributed by atoms with Crippen molar-refractivity contribution in [3.63, 3.8) is 0 Å². The lowest BCUT2D eigenvalue weighted by atomic mass is 10.1. The molecule has 0 saturated carbocycles. The SMILES string of the molecule is CCCNCc1ncn(C2CCOCC2)n1. The van der Waals surface area contributed by atoms with Crippen molar-refractivity contribution in [3.05, 3.63) is 12.2 Å². The first-order valence-corrected chi connectivity index (χ1v) is 6.08. The zero-order valence-electron chi connectivity index (χ0n) is 9.85. The summed E-state index contributed by atoms with van der Waals surface area (Å²) in [6.07, 6.45) is 5.08. The second kappa shape index (κ2) is 5.96. The minimum atomic E-state index is 0.473. The smallest absolute Gasteiger partial charge is 0.164 e. The van der Waals surface area contributed by atoms with Gasteiger partial charge in [-0.15, -0.1) is 0 Å². The number of nitrogens with one attached hydrogen (secondary N) is 1. The van der Waals surface area contributed by atoms with Crippen LogP contribution in [0.4, 0.5) is 0 Å². The summed E-state index contributed by atoms with van der Waals surface area (Å²) < 4.78 is 7.33. The first-order chi connectivity index (χ1) is 7.90. The Labute approximate surface area is 96.2 Å². The molecule has 0 unspecified atom stereocenters. The van der Waals surface area contributed by atoms with Crippen LogP contribution < -0.4 is 5.32 Å². The van der Waals surface area contributed by atoms with E-state index < -0.39 is 0 Å². The van der Waals surface area contributed by atoms with Crippen molar-refractivity contribution in [3.8, 4) is 0 Å². The topological polar surface area (TPSA) is 52.0 Å². The van der Waals surface area contributed by atoms with Gasteiger partial charge in [-0.3, -0.25) is 0 Å². The van der Waals surface area contributed by atoms with Crippen LogP contribution in [0.15, 0.2) is 6.33 Å². The Kier molecular flexibility index (Phi) is 4.30. The van der Waals surface area contributed by atoms with E-state index in [2.05, 4.69) is 22.3 Å². The van der Waals surface area contributed by atoms with E-state index >= 15 is 0 Å². The second-order valence-electron chi connectivity index (χ2n) is 4.16. The number of hydrogen-bond acceptors (Lipinski definition) is 4. The van der Waals surface area contributed by atoms with Gasteiger partial charge in [-0.1, -0.05) is 6.92 Å². The van der Waals surface area contributed by atoms with Crippen LogP contribution in [-0.2, 0) is 11.3 Å². The van der Waals surface area contributed by atoms with Crippen molar-refractivity contribution < 1.29 is 4.74 Å². The van der Waals surface area contributed by atoms with Crippen LogP contribution >= 0.6 is 0 Å². The van der Waals surface area contributed by atoms with Crippen LogP contribution in [0.3, 0.4) is 0 Å². The molecule has 0 spiro atoms. The average Bonchev–Trinajstić information content (AvgIpc) is 2.79. The molecule has 1 N–H and O–H groups in total. The molecule has 2 rings (SSSR count). The molecule has 1 aliphatic heterocycles. The number of aromatic nitrogens is 3. The van der Waals surface area contributed by atoms with E-state index in [9.17, 15) is 0 Å². The first-order valence-electron chi connectivity index (χ1n) is 6.08. The molecular weight excluding hydrogens is 204 g/mol. The predicted octanol–water partition coefficient (Wildman–Crippen LogP) is 1.13. The van der Waals surface area contributed by atoms with Crippen molar-refractivity contribution in [1.29, 1.82) is 0 Å². The van der Waals surface area contributed by atoms with Gasteiger partial charge in [0.15, 0.2) is 5.82 Å². The molecule has 2 heterocycles. The molecule has 1 aromatic rings. The highest BCUT2D eigenvalue weighted by molar-refractivity contribution is 4.83. The maximum absolute atomic E-state index is 5.33. The van der Waals surface area contributed by atoms with E-state index in [0.29, 0.717) is 6.04 Å². The fourth-order valence-corrected chi connectivity index (χ4v) is 1.89. The van der Waals surface area contributed by atoms with Gasteiger partial charge in [-0.25, -0.2) is 9.67 Å². The highest BCUT2D eigenvalue weighted by atomic mass is 16.5. The van der Waals surface area contributed by atoms with Crippen LogP contribution in [0.5, 0.6) is 0 Å². The average molecular weight is 224 g/mol. The monoisotopic (exact) mass is 224 g/mol. The Balaban J connectivity index is 1.85. The summed E-state index contributed by atoms with van der Waals surface area (Å²) in [7, 11) is 0. The Hall–Kier alpha value is -0.940. The highest BCUT2D eigenvalue weighted by Gasteiger charge is 2.16. The minimum Gasteiger partial charge on any atom is -0.381 e. The number of hydrogen-bond donors (Lipinski definition) is 1. The van der Waals surface area contributed by atoms with E-state index in [1.165, 1.54) is 0 Å². The Bertz CT molecular complexity index is 307. The van der Waals surface area contributed by atoms with Gasteiger partial charge in [-0.2, -0.15) is 5.10 Å². The Morgan fingerprint density at radius 2 is 2.31 bits per heavy atom. The van der Waals surface area contributed by atoms with Crippen LogP contribution in [-0.4, -0.2) is 34.5 Å². The van der Waals surface area contributed by atoms with Gasteiger partial charge in [0.1, 0.15) is 6.33 Å². The van der Waals surface area contributed by atoms with Gasteiger partial charge >= 0.3 is 0 Å². The third-order valence-electron chi connectivity index (χ3n) is 2.83. The molecule has 90 valence electrons. The predicted molar refractivity (Wildman–Crippen MR) is 61.1 cm³/mol. The number of rotatable bonds is 5. The first kappa shape index (κ1) is 11.5. The summed E-state index contributed by atoms with van der Waals surface area (Å²) in [6.45, 7) is 5.62. The van der Waals surface area contributed by atoms with Crippen LogP contribution in [0, 0.1) is 0 Å². The molecule has 5 heteroatoms. The molecule has 0 bridgehead atoms. The van der Waals surface area contributed by atoms with Crippen molar-refractivity contribution >= 4 is 0 Å². The van der Waals surface area contributed by atoms with Crippen molar-refractivity contribution in [2.75, 3.05) is 19.8 Å². The highest BCUT2D eigenvalue weighted by Crippen LogP contribution is 2.18. The van der Waals surface area contributed by atoms with E-state index in [1.54, 1.807) is 0 Å². The summed E-state index contributed by atoms with van der Waals surface area (Å²) in [5.74, 6) is 0.889. The summed E-state index contributed by atoms with van der Waals surface area (Å²) in [6, 6.07) is 0.473. The summed E-state index contributed by atoms with van der Waals surface area (Å²) in [4.78, 5) is 4.31. The lowest BCUT2D eigenvalue weighted by Gasteiger charge is -2.21. The summed E-state index contributed by atoms with van der Waals surface area (Å²) in [5, 5.41) is 7.80. The lowest BCUT2D eigenvalue weighted by Crippen LogP contribution is -2.20. The zero-order chi connectivity index (χ0) is 11.2. The van der Waals surface area contributed by atoms with Crippen molar-refractivity contribution in [1.82, 2.24) is 20.1 Å². The quantitative estimate of drug-likeness (QED) is 0.762. The molecular formula is C11H20N4O. The Morgan fingerprint density at radius 3 is 3.06 bits per heavy atom. The molecule has 0 aliphatic carbocycles. The van der Waals surface area contributed by atoms with Crippen molar-refractivity contribution in [2.45, 2.75) is 38.8 Å². The zero-order valence-corrected chi connectivity index (χ0v) is 9.85. The maximum atomic E-state index is 5.33. The molecule has 1 aromatic heterocycles. The van der Waals surface area contributed by atoms with Crippen LogP contribution in [0.2, 0.25) is 0 Å². The largest absolute Gasteiger partial charge is 0.381 e. The van der Waals surface area contributed by atoms with Gasteiger partial charge in [0, 0.05) is 13.2 Å². The molecule has 16 heavy (non-hydrogen) atoms. The van der Waals surface area contributed by atoms with Gasteiger partial charge in [0.05, 0.1) is 12.6 Å². The third-order valence-corrected chi connectivity index (χ3v) is 2.83. The van der Waals surface area contributed by atoms with E-state index in [-0.39, 0.29) is 0 Å². The Morgan fingerprint density at radius 1 is 1.50 bits per heavy atom. The van der Waals surface area contributed by atoms with Gasteiger partial charge in [-0.05, 0) is 25.8 Å². The summed E-state index contributed by atoms with van der Waals surface area (Å²) in [5.41, 5.74) is 0. The normalized spacial score (nSPS) is 17.8.